The van der Waals surface area contributed by atoms with E-state index in [9.17, 15) is 0 Å². The van der Waals surface area contributed by atoms with E-state index in [2.05, 4.69) is 76.3 Å². The van der Waals surface area contributed by atoms with Crippen molar-refractivity contribution in [3.8, 4) is 0 Å². The molecule has 0 unspecified atom stereocenters. The molecule has 0 aliphatic carbocycles. The van der Waals surface area contributed by atoms with E-state index in [0.29, 0.717) is 0 Å². The fourth-order valence-electron chi connectivity index (χ4n) is 1.87. The largest absolute Gasteiger partial charge is 0.355 e. The predicted octanol–water partition coefficient (Wildman–Crippen LogP) is 3.83. The van der Waals surface area contributed by atoms with E-state index in [1.807, 2.05) is 11.8 Å². The van der Waals surface area contributed by atoms with Gasteiger partial charge in [-0.05, 0) is 38.1 Å². The highest BCUT2D eigenvalue weighted by molar-refractivity contribution is 14.0. The Balaban J connectivity index is 0.00000200. The van der Waals surface area contributed by atoms with Crippen LogP contribution in [0.4, 0.5) is 0 Å². The minimum absolute atomic E-state index is 0. The first-order chi connectivity index (χ1) is 8.96. The van der Waals surface area contributed by atoms with Crippen LogP contribution in [0.2, 0.25) is 0 Å². The number of aliphatic imine (C=N–C) groups is 1. The fourth-order valence-corrected chi connectivity index (χ4v) is 3.19. The molecular weight excluding hydrogens is 449 g/mol. The Morgan fingerprint density at radius 2 is 2.00 bits per heavy atom. The van der Waals surface area contributed by atoms with Gasteiger partial charge in [0.05, 0.1) is 6.54 Å². The smallest absolute Gasteiger partial charge is 0.193 e. The van der Waals surface area contributed by atoms with Crippen LogP contribution in [-0.2, 0) is 0 Å². The Morgan fingerprint density at radius 3 is 2.55 bits per heavy atom. The molecule has 0 spiro atoms. The molecule has 0 aromatic heterocycles. The van der Waals surface area contributed by atoms with Gasteiger partial charge in [-0.1, -0.05) is 15.9 Å². The predicted molar refractivity (Wildman–Crippen MR) is 102 cm³/mol. The van der Waals surface area contributed by atoms with Gasteiger partial charge in [-0.25, -0.2) is 0 Å². The summed E-state index contributed by atoms with van der Waals surface area (Å²) in [4.78, 5) is 7.91. The van der Waals surface area contributed by atoms with Crippen molar-refractivity contribution in [1.29, 1.82) is 0 Å². The van der Waals surface area contributed by atoms with Crippen LogP contribution in [0.5, 0.6) is 0 Å². The average Bonchev–Trinajstić information content (AvgIpc) is 2.75. The van der Waals surface area contributed by atoms with Crippen LogP contribution < -0.4 is 5.32 Å². The molecule has 1 heterocycles. The van der Waals surface area contributed by atoms with Crippen molar-refractivity contribution < 1.29 is 0 Å². The Kier molecular flexibility index (Phi) is 7.14. The first-order valence-electron chi connectivity index (χ1n) is 6.40. The van der Waals surface area contributed by atoms with E-state index in [1.54, 1.807) is 0 Å². The number of hydrogen-bond acceptors (Lipinski definition) is 4. The Morgan fingerprint density at radius 1 is 1.35 bits per heavy atom. The van der Waals surface area contributed by atoms with E-state index in [1.165, 1.54) is 4.90 Å². The zero-order valence-electron chi connectivity index (χ0n) is 12.0. The maximum Gasteiger partial charge on any atom is 0.193 e. The molecule has 1 aliphatic heterocycles. The minimum Gasteiger partial charge on any atom is -0.355 e. The molecule has 0 bridgehead atoms. The second-order valence-corrected chi connectivity index (χ2v) is 7.99. The number of halogens is 2. The number of nitrogens with zero attached hydrogens (tertiary/aromatic N) is 2. The van der Waals surface area contributed by atoms with Crippen LogP contribution in [0.15, 0.2) is 38.6 Å². The minimum atomic E-state index is 0. The van der Waals surface area contributed by atoms with E-state index in [0.717, 1.165) is 30.1 Å². The maximum absolute atomic E-state index is 4.45. The second-order valence-electron chi connectivity index (χ2n) is 5.30. The van der Waals surface area contributed by atoms with Crippen LogP contribution in [0.25, 0.3) is 0 Å². The lowest BCUT2D eigenvalue weighted by Gasteiger charge is -2.26. The van der Waals surface area contributed by atoms with Crippen LogP contribution >= 0.6 is 51.7 Å². The molecule has 1 aromatic rings. The van der Waals surface area contributed by atoms with Crippen molar-refractivity contribution in [2.75, 3.05) is 26.7 Å². The number of rotatable bonds is 4. The number of benzene rings is 1. The topological polar surface area (TPSA) is 27.6 Å². The van der Waals surface area contributed by atoms with E-state index < -0.39 is 0 Å². The summed E-state index contributed by atoms with van der Waals surface area (Å²) < 4.78 is 1.24. The summed E-state index contributed by atoms with van der Waals surface area (Å²) in [6.07, 6.45) is 0. The van der Waals surface area contributed by atoms with Gasteiger partial charge < -0.3 is 10.2 Å². The van der Waals surface area contributed by atoms with Crippen LogP contribution in [0, 0.1) is 0 Å². The molecule has 112 valence electrons. The molecule has 20 heavy (non-hydrogen) atoms. The molecule has 0 amide bonds. The molecule has 0 saturated heterocycles. The molecule has 1 aromatic carbocycles. The van der Waals surface area contributed by atoms with Gasteiger partial charge >= 0.3 is 0 Å². The third-order valence-electron chi connectivity index (χ3n) is 2.94. The third-order valence-corrected chi connectivity index (χ3v) is 4.67. The van der Waals surface area contributed by atoms with Crippen molar-refractivity contribution in [2.45, 2.75) is 23.5 Å². The highest BCUT2D eigenvalue weighted by Crippen LogP contribution is 2.32. The number of thioether (sulfide) groups is 1. The van der Waals surface area contributed by atoms with Gasteiger partial charge in [-0.2, -0.15) is 0 Å². The lowest BCUT2D eigenvalue weighted by Crippen LogP contribution is -2.42. The SMILES string of the molecule is CN1CCN=C1NCC(C)(C)Sc1ccc(Br)cc1.I. The standard InChI is InChI=1S/C14H20BrN3S.HI/c1-14(2,10-17-13-16-8-9-18(13)3)19-12-6-4-11(15)5-7-12;/h4-7H,8-10H2,1-3H3,(H,16,17);1H. The van der Waals surface area contributed by atoms with Gasteiger partial charge in [0.2, 0.25) is 0 Å². The molecule has 0 radical (unpaired) electrons. The third kappa shape index (κ3) is 5.44. The number of nitrogens with one attached hydrogen (secondary N) is 1. The Labute approximate surface area is 151 Å². The molecule has 6 heteroatoms. The zero-order chi connectivity index (χ0) is 13.9. The normalized spacial score (nSPS) is 14.8. The molecule has 1 aliphatic rings. The van der Waals surface area contributed by atoms with Gasteiger partial charge in [0.1, 0.15) is 0 Å². The first kappa shape index (κ1) is 18.1. The van der Waals surface area contributed by atoms with Crippen LogP contribution in [-0.4, -0.2) is 42.3 Å². The van der Waals surface area contributed by atoms with Gasteiger partial charge in [-0.15, -0.1) is 35.7 Å². The Bertz CT molecular complexity index is 462. The Hall–Kier alpha value is 0.0500. The van der Waals surface area contributed by atoms with Crippen molar-refractivity contribution in [3.63, 3.8) is 0 Å². The van der Waals surface area contributed by atoms with Gasteiger partial charge in [-0.3, -0.25) is 4.99 Å². The summed E-state index contributed by atoms with van der Waals surface area (Å²) in [5.41, 5.74) is 0. The molecule has 2 rings (SSSR count). The number of hydrogen-bond donors (Lipinski definition) is 1. The molecule has 1 N–H and O–H groups in total. The first-order valence-corrected chi connectivity index (χ1v) is 8.01. The molecule has 0 saturated carbocycles. The van der Waals surface area contributed by atoms with Gasteiger partial charge in [0.25, 0.3) is 0 Å². The number of guanidine groups is 1. The van der Waals surface area contributed by atoms with E-state index in [-0.39, 0.29) is 28.7 Å². The quantitative estimate of drug-likeness (QED) is 0.536. The van der Waals surface area contributed by atoms with Crippen molar-refractivity contribution in [2.24, 2.45) is 4.99 Å². The fraction of sp³-hybridized carbons (Fsp3) is 0.500. The lowest BCUT2D eigenvalue weighted by molar-refractivity contribution is 0.526. The molecular formula is C14H21BrIN3S. The van der Waals surface area contributed by atoms with Crippen LogP contribution in [0.1, 0.15) is 13.8 Å². The van der Waals surface area contributed by atoms with E-state index >= 15 is 0 Å². The number of likely N-dealkylation sites (N-methyl/N-ethyl adjacent to an activating group) is 1. The van der Waals surface area contributed by atoms with E-state index in [4.69, 9.17) is 0 Å². The summed E-state index contributed by atoms with van der Waals surface area (Å²) in [6, 6.07) is 8.47. The summed E-state index contributed by atoms with van der Waals surface area (Å²) in [5.74, 6) is 1.02. The van der Waals surface area contributed by atoms with Crippen LogP contribution in [0.3, 0.4) is 0 Å². The van der Waals surface area contributed by atoms with Gasteiger partial charge in [0, 0.05) is 34.3 Å². The molecule has 0 atom stereocenters. The molecule has 3 nitrogen and oxygen atoms in total. The second kappa shape index (κ2) is 7.89. The van der Waals surface area contributed by atoms with Crippen molar-refractivity contribution >= 4 is 57.6 Å². The van der Waals surface area contributed by atoms with Crippen molar-refractivity contribution in [3.05, 3.63) is 28.7 Å². The molecule has 0 fully saturated rings. The average molecular weight is 470 g/mol. The summed E-state index contributed by atoms with van der Waals surface area (Å²) in [5, 5.41) is 3.45. The highest BCUT2D eigenvalue weighted by atomic mass is 127. The summed E-state index contributed by atoms with van der Waals surface area (Å²) >= 11 is 5.35. The van der Waals surface area contributed by atoms with Crippen molar-refractivity contribution in [1.82, 2.24) is 10.2 Å². The summed E-state index contributed by atoms with van der Waals surface area (Å²) in [6.45, 7) is 7.32. The monoisotopic (exact) mass is 469 g/mol. The summed E-state index contributed by atoms with van der Waals surface area (Å²) in [7, 11) is 2.08. The van der Waals surface area contributed by atoms with Gasteiger partial charge in [0.15, 0.2) is 5.96 Å². The maximum atomic E-state index is 4.45. The highest BCUT2D eigenvalue weighted by Gasteiger charge is 2.21. The lowest BCUT2D eigenvalue weighted by atomic mass is 10.2. The zero-order valence-corrected chi connectivity index (χ0v) is 16.8.